The van der Waals surface area contributed by atoms with Gasteiger partial charge in [-0.2, -0.15) is 0 Å². The van der Waals surface area contributed by atoms with Crippen molar-refractivity contribution in [1.29, 1.82) is 0 Å². The molecule has 5 heteroatoms. The molecule has 1 fully saturated rings. The zero-order chi connectivity index (χ0) is 15.3. The summed E-state index contributed by atoms with van der Waals surface area (Å²) in [6.45, 7) is 9.80. The third kappa shape index (κ3) is 4.69. The Morgan fingerprint density at radius 1 is 1.35 bits per heavy atom. The molecule has 0 radical (unpaired) electrons. The Kier molecular flexibility index (Phi) is 5.84. The van der Waals surface area contributed by atoms with Crippen LogP contribution in [0.1, 0.15) is 53.4 Å². The number of nitrogens with one attached hydrogen (secondary N) is 1. The van der Waals surface area contributed by atoms with Crippen LogP contribution in [-0.2, 0) is 4.79 Å². The molecule has 2 amide bonds. The summed E-state index contributed by atoms with van der Waals surface area (Å²) >= 11 is 0. The van der Waals surface area contributed by atoms with Gasteiger partial charge in [0, 0.05) is 19.1 Å². The van der Waals surface area contributed by atoms with Gasteiger partial charge in [-0.05, 0) is 30.6 Å². The van der Waals surface area contributed by atoms with E-state index in [2.05, 4.69) is 33.0 Å². The van der Waals surface area contributed by atoms with E-state index < -0.39 is 5.97 Å². The lowest BCUT2D eigenvalue weighted by Gasteiger charge is -2.36. The lowest BCUT2D eigenvalue weighted by atomic mass is 9.81. The Balaban J connectivity index is 2.57. The number of hydrogen-bond acceptors (Lipinski definition) is 2. The first-order chi connectivity index (χ1) is 9.24. The van der Waals surface area contributed by atoms with Crippen LogP contribution in [0.3, 0.4) is 0 Å². The molecule has 1 saturated heterocycles. The molecule has 0 aromatic rings. The van der Waals surface area contributed by atoms with E-state index in [-0.39, 0.29) is 23.9 Å². The van der Waals surface area contributed by atoms with Gasteiger partial charge in [-0.3, -0.25) is 4.79 Å². The molecule has 0 aromatic carbocycles. The van der Waals surface area contributed by atoms with Crippen LogP contribution >= 0.6 is 0 Å². The highest BCUT2D eigenvalue weighted by Crippen LogP contribution is 2.25. The van der Waals surface area contributed by atoms with Crippen molar-refractivity contribution < 1.29 is 14.7 Å². The van der Waals surface area contributed by atoms with Gasteiger partial charge in [0.2, 0.25) is 0 Å². The van der Waals surface area contributed by atoms with Crippen molar-refractivity contribution in [3.63, 3.8) is 0 Å². The number of piperidine rings is 1. The van der Waals surface area contributed by atoms with Crippen LogP contribution < -0.4 is 5.32 Å². The van der Waals surface area contributed by atoms with Crippen molar-refractivity contribution in [2.45, 2.75) is 59.4 Å². The summed E-state index contributed by atoms with van der Waals surface area (Å²) in [5, 5.41) is 11.9. The van der Waals surface area contributed by atoms with Crippen molar-refractivity contribution in [1.82, 2.24) is 10.2 Å². The van der Waals surface area contributed by atoms with Crippen LogP contribution in [0, 0.1) is 11.3 Å². The van der Waals surface area contributed by atoms with E-state index >= 15 is 0 Å². The standard InChI is InChI=1S/C15H28N2O3/c1-11(2)15(3,4)10-16-14(20)17-8-6-5-7-12(17)9-13(18)19/h11-12H,5-10H2,1-4H3,(H,16,20)(H,18,19). The van der Waals surface area contributed by atoms with Gasteiger partial charge in [0.1, 0.15) is 0 Å². The van der Waals surface area contributed by atoms with Crippen molar-refractivity contribution in [2.75, 3.05) is 13.1 Å². The Hall–Kier alpha value is -1.26. The minimum atomic E-state index is -0.836. The highest BCUT2D eigenvalue weighted by molar-refractivity contribution is 5.76. The summed E-state index contributed by atoms with van der Waals surface area (Å²) < 4.78 is 0. The summed E-state index contributed by atoms with van der Waals surface area (Å²) in [6, 6.07) is -0.284. The molecule has 1 atom stereocenters. The molecule has 0 aliphatic carbocycles. The van der Waals surface area contributed by atoms with Crippen LogP contribution in [0.25, 0.3) is 0 Å². The van der Waals surface area contributed by atoms with Crippen LogP contribution in [0.5, 0.6) is 0 Å². The van der Waals surface area contributed by atoms with Crippen molar-refractivity contribution in [3.05, 3.63) is 0 Å². The molecular weight excluding hydrogens is 256 g/mol. The lowest BCUT2D eigenvalue weighted by Crippen LogP contribution is -2.51. The van der Waals surface area contributed by atoms with Crippen LogP contribution in [0.4, 0.5) is 4.79 Å². The molecule has 1 unspecified atom stereocenters. The fourth-order valence-electron chi connectivity index (χ4n) is 2.29. The first-order valence-electron chi connectivity index (χ1n) is 7.50. The van der Waals surface area contributed by atoms with Gasteiger partial charge in [0.15, 0.2) is 0 Å². The van der Waals surface area contributed by atoms with Crippen LogP contribution in [0.2, 0.25) is 0 Å². The molecule has 0 saturated carbocycles. The molecular formula is C15H28N2O3. The predicted molar refractivity (Wildman–Crippen MR) is 78.6 cm³/mol. The summed E-state index contributed by atoms with van der Waals surface area (Å²) in [4.78, 5) is 24.9. The molecule has 20 heavy (non-hydrogen) atoms. The molecule has 1 heterocycles. The first kappa shape index (κ1) is 16.8. The van der Waals surface area contributed by atoms with Crippen molar-refractivity contribution >= 4 is 12.0 Å². The van der Waals surface area contributed by atoms with Gasteiger partial charge in [-0.25, -0.2) is 4.79 Å². The van der Waals surface area contributed by atoms with Gasteiger partial charge >= 0.3 is 12.0 Å². The monoisotopic (exact) mass is 284 g/mol. The molecule has 1 rings (SSSR count). The maximum atomic E-state index is 12.3. The summed E-state index contributed by atoms with van der Waals surface area (Å²) in [6.07, 6.45) is 2.78. The van der Waals surface area contributed by atoms with E-state index in [0.717, 1.165) is 19.3 Å². The van der Waals surface area contributed by atoms with E-state index in [1.54, 1.807) is 4.90 Å². The average Bonchev–Trinajstić information content (AvgIpc) is 2.36. The van der Waals surface area contributed by atoms with E-state index in [0.29, 0.717) is 19.0 Å². The third-order valence-corrected chi connectivity index (χ3v) is 4.56. The second-order valence-electron chi connectivity index (χ2n) is 6.74. The molecule has 116 valence electrons. The number of likely N-dealkylation sites (tertiary alicyclic amines) is 1. The minimum absolute atomic E-state index is 0.0355. The molecule has 2 N–H and O–H groups in total. The number of nitrogens with zero attached hydrogens (tertiary/aromatic N) is 1. The normalized spacial score (nSPS) is 20.1. The number of amides is 2. The second kappa shape index (κ2) is 6.95. The Bertz CT molecular complexity index is 353. The maximum absolute atomic E-state index is 12.3. The summed E-state index contributed by atoms with van der Waals surface area (Å²) in [7, 11) is 0. The zero-order valence-corrected chi connectivity index (χ0v) is 13.1. The highest BCUT2D eigenvalue weighted by atomic mass is 16.4. The average molecular weight is 284 g/mol. The quantitative estimate of drug-likeness (QED) is 0.815. The fourth-order valence-corrected chi connectivity index (χ4v) is 2.29. The smallest absolute Gasteiger partial charge is 0.317 e. The van der Waals surface area contributed by atoms with Gasteiger partial charge in [0.05, 0.1) is 6.42 Å². The molecule has 5 nitrogen and oxygen atoms in total. The van der Waals surface area contributed by atoms with E-state index in [4.69, 9.17) is 5.11 Å². The minimum Gasteiger partial charge on any atom is -0.481 e. The summed E-state index contributed by atoms with van der Waals surface area (Å²) in [5.74, 6) is -0.365. The molecule has 0 bridgehead atoms. The van der Waals surface area contributed by atoms with Gasteiger partial charge in [-0.1, -0.05) is 27.7 Å². The van der Waals surface area contributed by atoms with E-state index in [9.17, 15) is 9.59 Å². The number of carboxylic acids is 1. The largest absolute Gasteiger partial charge is 0.481 e. The SMILES string of the molecule is CC(C)C(C)(C)CNC(=O)N1CCCCC1CC(=O)O. The van der Waals surface area contributed by atoms with Crippen molar-refractivity contribution in [3.8, 4) is 0 Å². The topological polar surface area (TPSA) is 69.6 Å². The van der Waals surface area contributed by atoms with E-state index in [1.165, 1.54) is 0 Å². The molecule has 0 spiro atoms. The second-order valence-corrected chi connectivity index (χ2v) is 6.74. The number of aliphatic carboxylic acids is 1. The molecule has 0 aromatic heterocycles. The third-order valence-electron chi connectivity index (χ3n) is 4.56. The molecule has 1 aliphatic rings. The Morgan fingerprint density at radius 2 is 2.00 bits per heavy atom. The number of carbonyl (C=O) groups is 2. The van der Waals surface area contributed by atoms with Crippen LogP contribution in [0.15, 0.2) is 0 Å². The Morgan fingerprint density at radius 3 is 2.55 bits per heavy atom. The predicted octanol–water partition coefficient (Wildman–Crippen LogP) is 2.71. The van der Waals surface area contributed by atoms with Gasteiger partial charge in [0.25, 0.3) is 0 Å². The fraction of sp³-hybridized carbons (Fsp3) is 0.867. The Labute approximate surface area is 121 Å². The summed E-state index contributed by atoms with van der Waals surface area (Å²) in [5.41, 5.74) is 0.0355. The lowest BCUT2D eigenvalue weighted by molar-refractivity contribution is -0.138. The highest BCUT2D eigenvalue weighted by Gasteiger charge is 2.30. The molecule has 1 aliphatic heterocycles. The van der Waals surface area contributed by atoms with Gasteiger partial charge < -0.3 is 15.3 Å². The zero-order valence-electron chi connectivity index (χ0n) is 13.1. The van der Waals surface area contributed by atoms with Crippen molar-refractivity contribution in [2.24, 2.45) is 11.3 Å². The van der Waals surface area contributed by atoms with E-state index in [1.807, 2.05) is 0 Å². The number of hydrogen-bond donors (Lipinski definition) is 2. The van der Waals surface area contributed by atoms with Gasteiger partial charge in [-0.15, -0.1) is 0 Å². The first-order valence-corrected chi connectivity index (χ1v) is 7.50. The number of urea groups is 1. The maximum Gasteiger partial charge on any atom is 0.317 e. The number of carbonyl (C=O) groups excluding carboxylic acids is 1. The van der Waals surface area contributed by atoms with Crippen LogP contribution in [-0.4, -0.2) is 41.1 Å². The number of carboxylic acid groups (broad SMARTS) is 1. The number of rotatable bonds is 5.